The average Bonchev–Trinajstić information content (AvgIpc) is 2.97. The lowest BCUT2D eigenvalue weighted by Crippen LogP contribution is -2.25. The van der Waals surface area contributed by atoms with Crippen molar-refractivity contribution in [1.82, 2.24) is 4.90 Å². The summed E-state index contributed by atoms with van der Waals surface area (Å²) in [5, 5.41) is 0. The number of hydrogen-bond acceptors (Lipinski definition) is 1. The first-order chi connectivity index (χ1) is 12.9. The fourth-order valence-electron chi connectivity index (χ4n) is 3.79. The van der Waals surface area contributed by atoms with Gasteiger partial charge >= 0.3 is 6.18 Å². The third-order valence-electron chi connectivity index (χ3n) is 5.02. The highest BCUT2D eigenvalue weighted by atomic mass is 19.4. The van der Waals surface area contributed by atoms with E-state index in [0.717, 1.165) is 41.3 Å². The number of carbonyl (C=O) groups is 1. The van der Waals surface area contributed by atoms with Crippen molar-refractivity contribution < 1.29 is 18.0 Å². The van der Waals surface area contributed by atoms with Gasteiger partial charge in [0.1, 0.15) is 0 Å². The zero-order valence-corrected chi connectivity index (χ0v) is 14.6. The molecule has 0 N–H and O–H groups in total. The Morgan fingerprint density at radius 2 is 1.74 bits per heavy atom. The second kappa shape index (κ2) is 6.72. The maximum atomic E-state index is 13.1. The number of fused-ring (bicyclic) bond motifs is 1. The summed E-state index contributed by atoms with van der Waals surface area (Å²) in [7, 11) is 0. The Hall–Kier alpha value is -2.82. The number of rotatable bonds is 3. The summed E-state index contributed by atoms with van der Waals surface area (Å²) in [6.45, 7) is 0.414. The first-order valence-electron chi connectivity index (χ1n) is 8.90. The van der Waals surface area contributed by atoms with E-state index >= 15 is 0 Å². The molecule has 2 aromatic carbocycles. The summed E-state index contributed by atoms with van der Waals surface area (Å²) in [5.74, 6) is -0.102. The number of allylic oxidation sites excluding steroid dienone is 2. The van der Waals surface area contributed by atoms with Crippen molar-refractivity contribution in [1.29, 1.82) is 0 Å². The van der Waals surface area contributed by atoms with E-state index in [1.54, 1.807) is 17.0 Å². The van der Waals surface area contributed by atoms with E-state index in [2.05, 4.69) is 0 Å². The zero-order valence-electron chi connectivity index (χ0n) is 14.6. The molecule has 1 aliphatic heterocycles. The zero-order chi connectivity index (χ0) is 19.0. The van der Waals surface area contributed by atoms with Gasteiger partial charge in [-0.25, -0.2) is 0 Å². The van der Waals surface area contributed by atoms with Crippen LogP contribution in [0.15, 0.2) is 71.9 Å². The summed E-state index contributed by atoms with van der Waals surface area (Å²) >= 11 is 0. The molecule has 27 heavy (non-hydrogen) atoms. The summed E-state index contributed by atoms with van der Waals surface area (Å²) in [4.78, 5) is 14.3. The predicted molar refractivity (Wildman–Crippen MR) is 97.3 cm³/mol. The van der Waals surface area contributed by atoms with Gasteiger partial charge in [0.2, 0.25) is 0 Å². The van der Waals surface area contributed by atoms with Crippen LogP contribution in [0.5, 0.6) is 0 Å². The maximum Gasteiger partial charge on any atom is 0.416 e. The van der Waals surface area contributed by atoms with Gasteiger partial charge in [0.15, 0.2) is 0 Å². The second-order valence-corrected chi connectivity index (χ2v) is 6.84. The molecule has 0 atom stereocenters. The average molecular weight is 369 g/mol. The third-order valence-corrected chi connectivity index (χ3v) is 5.02. The van der Waals surface area contributed by atoms with Crippen molar-refractivity contribution >= 4 is 11.5 Å². The molecule has 0 unspecified atom stereocenters. The number of carbonyl (C=O) groups excluding carboxylic acids is 1. The van der Waals surface area contributed by atoms with E-state index in [4.69, 9.17) is 0 Å². The van der Waals surface area contributed by atoms with Gasteiger partial charge in [-0.2, -0.15) is 13.2 Å². The highest BCUT2D eigenvalue weighted by molar-refractivity contribution is 5.98. The monoisotopic (exact) mass is 369 g/mol. The Bertz CT molecular complexity index is 942. The van der Waals surface area contributed by atoms with Crippen LogP contribution >= 0.6 is 0 Å². The van der Waals surface area contributed by atoms with E-state index in [-0.39, 0.29) is 5.91 Å². The Morgan fingerprint density at radius 3 is 2.48 bits per heavy atom. The minimum absolute atomic E-state index is 0.102. The SMILES string of the molecule is O=C1C=C2CCCC(c3cccc(C(F)(F)F)c3)=C2N1Cc1ccccc1. The Labute approximate surface area is 155 Å². The van der Waals surface area contributed by atoms with Crippen molar-refractivity contribution in [2.75, 3.05) is 0 Å². The Balaban J connectivity index is 1.78. The summed E-state index contributed by atoms with van der Waals surface area (Å²) in [5.41, 5.74) is 3.40. The first-order valence-corrected chi connectivity index (χ1v) is 8.90. The molecular weight excluding hydrogens is 351 g/mol. The van der Waals surface area contributed by atoms with E-state index in [1.807, 2.05) is 30.3 Å². The van der Waals surface area contributed by atoms with Gasteiger partial charge in [0.05, 0.1) is 17.8 Å². The molecule has 1 amide bonds. The van der Waals surface area contributed by atoms with Crippen LogP contribution in [-0.4, -0.2) is 10.8 Å². The Kier molecular flexibility index (Phi) is 4.38. The van der Waals surface area contributed by atoms with Crippen LogP contribution in [0.1, 0.15) is 36.0 Å². The standard InChI is InChI=1S/C22H18F3NO/c23-22(24,25)18-10-4-8-16(12-18)19-11-5-9-17-13-20(27)26(21(17)19)14-15-6-2-1-3-7-15/h1-4,6-8,10,12-13H,5,9,11,14H2. The molecule has 2 nitrogen and oxygen atoms in total. The summed E-state index contributed by atoms with van der Waals surface area (Å²) in [6.07, 6.45) is -0.496. The third kappa shape index (κ3) is 3.42. The van der Waals surface area contributed by atoms with Crippen LogP contribution in [0.25, 0.3) is 5.57 Å². The van der Waals surface area contributed by atoms with E-state index < -0.39 is 11.7 Å². The molecule has 0 saturated heterocycles. The molecule has 0 spiro atoms. The number of amides is 1. The number of alkyl halides is 3. The minimum Gasteiger partial charge on any atom is -0.304 e. The molecular formula is C22H18F3NO. The van der Waals surface area contributed by atoms with Crippen molar-refractivity contribution in [3.05, 3.63) is 88.6 Å². The lowest BCUT2D eigenvalue weighted by molar-refractivity contribution is -0.137. The summed E-state index contributed by atoms with van der Waals surface area (Å²) < 4.78 is 39.4. The maximum absolute atomic E-state index is 13.1. The van der Waals surface area contributed by atoms with Crippen LogP contribution in [-0.2, 0) is 17.5 Å². The molecule has 0 fully saturated rings. The highest BCUT2D eigenvalue weighted by Crippen LogP contribution is 2.42. The van der Waals surface area contributed by atoms with Gasteiger partial charge in [-0.05, 0) is 53.7 Å². The molecule has 138 valence electrons. The molecule has 2 aromatic rings. The van der Waals surface area contributed by atoms with E-state index in [1.165, 1.54) is 12.1 Å². The topological polar surface area (TPSA) is 20.3 Å². The second-order valence-electron chi connectivity index (χ2n) is 6.84. The molecule has 5 heteroatoms. The fraction of sp³-hybridized carbons (Fsp3) is 0.227. The molecule has 0 saturated carbocycles. The summed E-state index contributed by atoms with van der Waals surface area (Å²) in [6, 6.07) is 15.0. The van der Waals surface area contributed by atoms with E-state index in [9.17, 15) is 18.0 Å². The quantitative estimate of drug-likeness (QED) is 0.693. The van der Waals surface area contributed by atoms with Crippen molar-refractivity contribution in [2.24, 2.45) is 0 Å². The number of hydrogen-bond donors (Lipinski definition) is 0. The molecule has 1 heterocycles. The van der Waals surface area contributed by atoms with Crippen LogP contribution in [0, 0.1) is 0 Å². The van der Waals surface area contributed by atoms with Crippen LogP contribution in [0.4, 0.5) is 13.2 Å². The van der Waals surface area contributed by atoms with Crippen molar-refractivity contribution in [3.8, 4) is 0 Å². The first kappa shape index (κ1) is 17.6. The molecule has 0 bridgehead atoms. The lowest BCUT2D eigenvalue weighted by atomic mass is 9.87. The van der Waals surface area contributed by atoms with Gasteiger partial charge in [0, 0.05) is 6.08 Å². The molecule has 0 radical (unpaired) electrons. The molecule has 1 aliphatic carbocycles. The largest absolute Gasteiger partial charge is 0.416 e. The number of halogens is 3. The van der Waals surface area contributed by atoms with Gasteiger partial charge in [0.25, 0.3) is 5.91 Å². The molecule has 0 aromatic heterocycles. The normalized spacial score (nSPS) is 17.2. The van der Waals surface area contributed by atoms with Crippen LogP contribution in [0.3, 0.4) is 0 Å². The number of benzene rings is 2. The molecule has 4 rings (SSSR count). The fourth-order valence-corrected chi connectivity index (χ4v) is 3.79. The van der Waals surface area contributed by atoms with Gasteiger partial charge < -0.3 is 4.90 Å². The van der Waals surface area contributed by atoms with Crippen LogP contribution < -0.4 is 0 Å². The van der Waals surface area contributed by atoms with Crippen LogP contribution in [0.2, 0.25) is 0 Å². The minimum atomic E-state index is -4.39. The number of nitrogens with zero attached hydrogens (tertiary/aromatic N) is 1. The van der Waals surface area contributed by atoms with Gasteiger partial charge in [-0.15, -0.1) is 0 Å². The Morgan fingerprint density at radius 1 is 0.963 bits per heavy atom. The van der Waals surface area contributed by atoms with Crippen molar-refractivity contribution in [3.63, 3.8) is 0 Å². The van der Waals surface area contributed by atoms with E-state index in [0.29, 0.717) is 18.5 Å². The predicted octanol–water partition coefficient (Wildman–Crippen LogP) is 5.57. The highest BCUT2D eigenvalue weighted by Gasteiger charge is 2.34. The molecule has 2 aliphatic rings. The van der Waals surface area contributed by atoms with Crippen molar-refractivity contribution in [2.45, 2.75) is 32.0 Å². The van der Waals surface area contributed by atoms with Gasteiger partial charge in [-0.1, -0.05) is 42.5 Å². The smallest absolute Gasteiger partial charge is 0.304 e. The van der Waals surface area contributed by atoms with Gasteiger partial charge in [-0.3, -0.25) is 4.79 Å². The lowest BCUT2D eigenvalue weighted by Gasteiger charge is -2.27.